The highest BCUT2D eigenvalue weighted by molar-refractivity contribution is 7.00. The monoisotopic (exact) mass is 1200 g/mol. The molecule has 0 bridgehead atoms. The quantitative estimate of drug-likeness (QED) is 0.134. The summed E-state index contributed by atoms with van der Waals surface area (Å²) < 4.78 is 0. The van der Waals surface area contributed by atoms with Gasteiger partial charge in [0.15, 0.2) is 0 Å². The van der Waals surface area contributed by atoms with E-state index in [1.54, 1.807) is 0 Å². The highest BCUT2D eigenvalue weighted by Gasteiger charge is 2.49. The topological polar surface area (TPSA) is 13.0 Å². The Bertz CT molecular complexity index is 4120. The van der Waals surface area contributed by atoms with Crippen LogP contribution in [0.25, 0.3) is 11.1 Å². The Labute approximate surface area is 547 Å². The average molecular weight is 1200 g/mol. The zero-order chi connectivity index (χ0) is 64.7. The minimum atomic E-state index is -0.311. The second-order valence-electron chi connectivity index (χ2n) is 33.2. The van der Waals surface area contributed by atoms with Crippen LogP contribution >= 0.6 is 0 Å². The lowest BCUT2D eigenvalue weighted by Gasteiger charge is -2.48. The molecule has 4 aliphatic rings. The van der Waals surface area contributed by atoms with Crippen molar-refractivity contribution >= 4 is 85.7 Å². The van der Waals surface area contributed by atoms with Gasteiger partial charge in [-0.15, -0.1) is 0 Å². The highest BCUT2D eigenvalue weighted by Crippen LogP contribution is 2.57. The molecule has 0 spiro atoms. The maximum atomic E-state index is 2.77. The van der Waals surface area contributed by atoms with Crippen molar-refractivity contribution < 1.29 is 0 Å². The van der Waals surface area contributed by atoms with Gasteiger partial charge in [0.05, 0.1) is 11.4 Å². The van der Waals surface area contributed by atoms with Crippen LogP contribution < -0.4 is 36.0 Å². The number of hydrogen-bond acceptors (Lipinski definition) is 4. The highest BCUT2D eigenvalue weighted by atomic mass is 15.2. The van der Waals surface area contributed by atoms with Gasteiger partial charge in [0.2, 0.25) is 0 Å². The molecule has 0 atom stereocenters. The van der Waals surface area contributed by atoms with Crippen LogP contribution in [0.15, 0.2) is 182 Å². The molecule has 466 valence electrons. The summed E-state index contributed by atoms with van der Waals surface area (Å²) in [6, 6.07) is 72.1. The molecule has 2 aliphatic carbocycles. The van der Waals surface area contributed by atoms with Crippen LogP contribution in [0.4, 0.5) is 62.6 Å². The molecule has 2 aliphatic heterocycles. The molecule has 9 aromatic rings. The molecular formula is C86H99BN4. The first kappa shape index (κ1) is 62.1. The van der Waals surface area contributed by atoms with Gasteiger partial charge in [-0.1, -0.05) is 247 Å². The summed E-state index contributed by atoms with van der Waals surface area (Å²) in [4.78, 5) is 10.6. The van der Waals surface area contributed by atoms with Gasteiger partial charge in [0.25, 0.3) is 6.71 Å². The third kappa shape index (κ3) is 10.7. The Morgan fingerprint density at radius 3 is 1.31 bits per heavy atom. The zero-order valence-corrected chi connectivity index (χ0v) is 58.4. The molecule has 0 amide bonds. The molecule has 0 unspecified atom stereocenters. The number of nitrogens with zero attached hydrogens (tertiary/aromatic N) is 4. The fraction of sp³-hybridized carbons (Fsp3) is 0.372. The second-order valence-corrected chi connectivity index (χ2v) is 33.2. The maximum Gasteiger partial charge on any atom is 0.252 e. The van der Waals surface area contributed by atoms with E-state index in [-0.39, 0.29) is 44.6 Å². The summed E-state index contributed by atoms with van der Waals surface area (Å²) in [5.41, 5.74) is 30.4. The molecule has 5 heteroatoms. The predicted molar refractivity (Wildman–Crippen MR) is 396 cm³/mol. The van der Waals surface area contributed by atoms with Crippen molar-refractivity contribution in [1.29, 1.82) is 0 Å². The predicted octanol–water partition coefficient (Wildman–Crippen LogP) is 22.4. The first-order chi connectivity index (χ1) is 42.9. The number of hydrogen-bond donors (Lipinski definition) is 0. The molecule has 91 heavy (non-hydrogen) atoms. The number of anilines is 11. The molecule has 1 saturated carbocycles. The van der Waals surface area contributed by atoms with Crippen molar-refractivity contribution in [2.24, 2.45) is 0 Å². The Balaban J connectivity index is 1.17. The fourth-order valence-corrected chi connectivity index (χ4v) is 15.9. The first-order valence-electron chi connectivity index (χ1n) is 34.2. The minimum Gasteiger partial charge on any atom is -0.342 e. The van der Waals surface area contributed by atoms with Gasteiger partial charge >= 0.3 is 0 Å². The SMILES string of the molecule is CCN1c2cc(N(c3ccc(C(C)(C)C)cc3)c3ccc(C(C)(C)C)cc3)cc3c2B(c2ccc(N(c4ccc(C(C)(C)C)cc4)c4ccc(C(C)(C)C)cc4)cc2N3c2cccc3c2C(C)(C)c2ccccc2-3)c2cc(C(C)(C)C)cc(C3(C)CCCCC3)c21. The van der Waals surface area contributed by atoms with E-state index in [0.29, 0.717) is 0 Å². The van der Waals surface area contributed by atoms with Crippen molar-refractivity contribution in [3.63, 3.8) is 0 Å². The summed E-state index contributed by atoms with van der Waals surface area (Å²) in [5, 5.41) is 0. The minimum absolute atomic E-state index is 0.00458. The van der Waals surface area contributed by atoms with Crippen molar-refractivity contribution in [2.75, 3.05) is 26.1 Å². The zero-order valence-electron chi connectivity index (χ0n) is 58.4. The molecule has 0 saturated heterocycles. The van der Waals surface area contributed by atoms with Gasteiger partial charge < -0.3 is 19.6 Å². The van der Waals surface area contributed by atoms with E-state index in [1.165, 1.54) is 133 Å². The standard InChI is InChI=1S/C86H99BN4/c1-20-88-75-54-66(90(63-43-35-58(36-44-63)82(8,9)10)64-45-37-59(38-46-64)83(11,12)13)55-76-78(75)87(72-52-60(84(14,15)16)51-70(79(72)88)86(19)49-24-21-25-50-86)71-48-47-65(53-74(71)91(76)73-30-26-28-68-67-27-22-23-29-69(67)85(17,18)77(68)73)89(61-39-31-56(32-40-61)80(2,3)4)62-41-33-57(34-42-62)81(5,6)7/h22-23,26-48,51-55H,20-21,24-25,49-50H2,1-19H3. The molecule has 1 fully saturated rings. The molecule has 0 radical (unpaired) electrons. The van der Waals surface area contributed by atoms with Crippen LogP contribution in [-0.4, -0.2) is 13.3 Å². The van der Waals surface area contributed by atoms with Gasteiger partial charge in [-0.3, -0.25) is 0 Å². The van der Waals surface area contributed by atoms with Crippen molar-refractivity contribution in [3.05, 3.63) is 226 Å². The van der Waals surface area contributed by atoms with Crippen LogP contribution in [-0.2, 0) is 37.9 Å². The Kier molecular flexibility index (Phi) is 15.0. The third-order valence-corrected chi connectivity index (χ3v) is 21.3. The molecular weight excluding hydrogens is 1100 g/mol. The van der Waals surface area contributed by atoms with Gasteiger partial charge in [0.1, 0.15) is 0 Å². The normalized spacial score (nSPS) is 15.8. The van der Waals surface area contributed by atoms with Gasteiger partial charge in [-0.05, 0) is 203 Å². The van der Waals surface area contributed by atoms with Crippen molar-refractivity contribution in [1.82, 2.24) is 0 Å². The maximum absolute atomic E-state index is 2.77. The lowest BCUT2D eigenvalue weighted by Crippen LogP contribution is -2.62. The Morgan fingerprint density at radius 2 is 0.824 bits per heavy atom. The van der Waals surface area contributed by atoms with E-state index in [2.05, 4.69) is 333 Å². The van der Waals surface area contributed by atoms with E-state index in [9.17, 15) is 0 Å². The van der Waals surface area contributed by atoms with Gasteiger partial charge in [-0.2, -0.15) is 0 Å². The van der Waals surface area contributed by atoms with Crippen molar-refractivity contribution in [3.8, 4) is 11.1 Å². The lowest BCUT2D eigenvalue weighted by atomic mass is 9.33. The van der Waals surface area contributed by atoms with E-state index in [1.807, 2.05) is 0 Å². The van der Waals surface area contributed by atoms with Gasteiger partial charge in [-0.25, -0.2) is 0 Å². The van der Waals surface area contributed by atoms with Crippen LogP contribution in [0, 0.1) is 0 Å². The van der Waals surface area contributed by atoms with E-state index in [0.717, 1.165) is 40.7 Å². The number of rotatable bonds is 9. The van der Waals surface area contributed by atoms with Gasteiger partial charge in [0, 0.05) is 63.1 Å². The van der Waals surface area contributed by atoms with Crippen LogP contribution in [0.3, 0.4) is 0 Å². The summed E-state index contributed by atoms with van der Waals surface area (Å²) in [6.45, 7) is 45.8. The third-order valence-electron chi connectivity index (χ3n) is 21.3. The smallest absolute Gasteiger partial charge is 0.252 e. The second kappa shape index (κ2) is 22.0. The lowest BCUT2D eigenvalue weighted by molar-refractivity contribution is 0.319. The molecule has 4 nitrogen and oxygen atoms in total. The molecule has 2 heterocycles. The molecule has 0 aromatic heterocycles. The van der Waals surface area contributed by atoms with Crippen LogP contribution in [0.5, 0.6) is 0 Å². The molecule has 13 rings (SSSR count). The van der Waals surface area contributed by atoms with E-state index >= 15 is 0 Å². The van der Waals surface area contributed by atoms with Crippen molar-refractivity contribution in [2.45, 2.75) is 202 Å². The number of fused-ring (bicyclic) bond motifs is 7. The fourth-order valence-electron chi connectivity index (χ4n) is 15.9. The van der Waals surface area contributed by atoms with E-state index in [4.69, 9.17) is 0 Å². The summed E-state index contributed by atoms with van der Waals surface area (Å²) >= 11 is 0. The largest absolute Gasteiger partial charge is 0.342 e. The Hall–Kier alpha value is -7.76. The summed E-state index contributed by atoms with van der Waals surface area (Å²) in [5.74, 6) is 0. The van der Waals surface area contributed by atoms with E-state index < -0.39 is 0 Å². The average Bonchev–Trinajstić information content (AvgIpc) is 1.43. The number of benzene rings is 9. The van der Waals surface area contributed by atoms with Crippen LogP contribution in [0.1, 0.15) is 208 Å². The molecule has 9 aromatic carbocycles. The summed E-state index contributed by atoms with van der Waals surface area (Å²) in [7, 11) is 0. The van der Waals surface area contributed by atoms with Crippen LogP contribution in [0.2, 0.25) is 0 Å². The summed E-state index contributed by atoms with van der Waals surface area (Å²) in [6.07, 6.45) is 6.16. The Morgan fingerprint density at radius 1 is 0.385 bits per heavy atom. The molecule has 0 N–H and O–H groups in total. The first-order valence-corrected chi connectivity index (χ1v) is 34.2.